The molecular formula is C16H21ClN2O4. The molecule has 1 aromatic carbocycles. The molecule has 2 amide bonds. The lowest BCUT2D eigenvalue weighted by Crippen LogP contribution is -2.33. The molecule has 1 unspecified atom stereocenters. The maximum Gasteiger partial charge on any atom is 0.308 e. The molecule has 1 rings (SSSR count). The van der Waals surface area contributed by atoms with Crippen LogP contribution in [0.15, 0.2) is 18.2 Å². The van der Waals surface area contributed by atoms with Crippen molar-refractivity contribution in [2.24, 2.45) is 11.8 Å². The number of rotatable bonds is 6. The molecule has 126 valence electrons. The lowest BCUT2D eigenvalue weighted by molar-refractivity contribution is -0.141. The van der Waals surface area contributed by atoms with E-state index in [1.165, 1.54) is 31.0 Å². The highest BCUT2D eigenvalue weighted by molar-refractivity contribution is 6.34. The summed E-state index contributed by atoms with van der Waals surface area (Å²) >= 11 is 6.06. The number of hydrogen-bond acceptors (Lipinski definition) is 3. The van der Waals surface area contributed by atoms with Crippen LogP contribution in [0.5, 0.6) is 0 Å². The van der Waals surface area contributed by atoms with Gasteiger partial charge in [0.2, 0.25) is 5.91 Å². The third kappa shape index (κ3) is 5.25. The van der Waals surface area contributed by atoms with Gasteiger partial charge in [0.15, 0.2) is 0 Å². The number of benzene rings is 1. The summed E-state index contributed by atoms with van der Waals surface area (Å²) in [4.78, 5) is 36.3. The molecule has 1 aromatic rings. The van der Waals surface area contributed by atoms with Crippen molar-refractivity contribution in [3.05, 3.63) is 28.8 Å². The van der Waals surface area contributed by atoms with Gasteiger partial charge in [-0.15, -0.1) is 0 Å². The van der Waals surface area contributed by atoms with Gasteiger partial charge in [-0.1, -0.05) is 32.4 Å². The molecule has 7 heteroatoms. The second kappa shape index (κ2) is 7.97. The maximum atomic E-state index is 12.4. The molecule has 0 saturated carbocycles. The summed E-state index contributed by atoms with van der Waals surface area (Å²) in [6.07, 6.45) is 0. The van der Waals surface area contributed by atoms with Gasteiger partial charge in [-0.25, -0.2) is 0 Å². The smallest absolute Gasteiger partial charge is 0.308 e. The van der Waals surface area contributed by atoms with Crippen molar-refractivity contribution in [2.45, 2.75) is 20.8 Å². The van der Waals surface area contributed by atoms with Gasteiger partial charge >= 0.3 is 5.97 Å². The fourth-order valence-corrected chi connectivity index (χ4v) is 2.03. The van der Waals surface area contributed by atoms with Crippen LogP contribution in [0, 0.1) is 11.8 Å². The molecule has 0 spiro atoms. The van der Waals surface area contributed by atoms with Gasteiger partial charge in [-0.3, -0.25) is 14.4 Å². The van der Waals surface area contributed by atoms with E-state index in [4.69, 9.17) is 16.7 Å². The Kier molecular flexibility index (Phi) is 6.57. The van der Waals surface area contributed by atoms with Crippen LogP contribution < -0.4 is 5.32 Å². The van der Waals surface area contributed by atoms with E-state index < -0.39 is 17.8 Å². The van der Waals surface area contributed by atoms with Crippen LogP contribution in [-0.2, 0) is 9.59 Å². The lowest BCUT2D eigenvalue weighted by Gasteiger charge is -2.20. The Morgan fingerprint density at radius 2 is 1.87 bits per heavy atom. The number of carbonyl (C=O) groups excluding carboxylic acids is 2. The normalized spacial score (nSPS) is 11.9. The molecule has 1 atom stereocenters. The average molecular weight is 341 g/mol. The summed E-state index contributed by atoms with van der Waals surface area (Å²) in [7, 11) is 1.51. The second-order valence-corrected chi connectivity index (χ2v) is 6.17. The van der Waals surface area contributed by atoms with Crippen LogP contribution in [0.4, 0.5) is 5.69 Å². The minimum absolute atomic E-state index is 0.0626. The Balaban J connectivity index is 2.95. The summed E-state index contributed by atoms with van der Waals surface area (Å²) in [5, 5.41) is 11.9. The van der Waals surface area contributed by atoms with Crippen LogP contribution in [0.1, 0.15) is 31.1 Å². The Bertz CT molecular complexity index is 616. The van der Waals surface area contributed by atoms with Crippen molar-refractivity contribution in [3.8, 4) is 0 Å². The van der Waals surface area contributed by atoms with Crippen LogP contribution in [0.3, 0.4) is 0 Å². The van der Waals surface area contributed by atoms with Gasteiger partial charge < -0.3 is 15.3 Å². The number of anilines is 1. The molecule has 0 heterocycles. The van der Waals surface area contributed by atoms with Crippen LogP contribution in [0.25, 0.3) is 0 Å². The molecule has 23 heavy (non-hydrogen) atoms. The molecule has 6 nitrogen and oxygen atoms in total. The third-order valence-corrected chi connectivity index (χ3v) is 3.63. The predicted molar refractivity (Wildman–Crippen MR) is 88.7 cm³/mol. The van der Waals surface area contributed by atoms with E-state index in [2.05, 4.69) is 5.32 Å². The lowest BCUT2D eigenvalue weighted by atomic mass is 10.1. The first-order valence-corrected chi connectivity index (χ1v) is 7.60. The minimum atomic E-state index is -0.978. The van der Waals surface area contributed by atoms with Crippen molar-refractivity contribution >= 4 is 35.1 Å². The highest BCUT2D eigenvalue weighted by atomic mass is 35.5. The van der Waals surface area contributed by atoms with Crippen molar-refractivity contribution < 1.29 is 19.5 Å². The Morgan fingerprint density at radius 3 is 2.39 bits per heavy atom. The van der Waals surface area contributed by atoms with Gasteiger partial charge in [0.1, 0.15) is 0 Å². The van der Waals surface area contributed by atoms with E-state index in [0.717, 1.165) is 0 Å². The Labute approximate surface area is 140 Å². The number of halogens is 1. The minimum Gasteiger partial charge on any atom is -0.481 e. The second-order valence-electron chi connectivity index (χ2n) is 5.76. The molecule has 0 bridgehead atoms. The first-order valence-electron chi connectivity index (χ1n) is 7.22. The largest absolute Gasteiger partial charge is 0.481 e. The average Bonchev–Trinajstić information content (AvgIpc) is 2.47. The number of carboxylic acids is 1. The topological polar surface area (TPSA) is 86.7 Å². The molecule has 2 N–H and O–H groups in total. The molecule has 0 saturated heterocycles. The van der Waals surface area contributed by atoms with E-state index in [1.807, 2.05) is 0 Å². The number of aliphatic carboxylic acids is 1. The molecule has 0 aliphatic heterocycles. The standard InChI is InChI=1S/C16H21ClN2O4/c1-9(2)14(20)18-11-5-6-13(17)12(7-11)15(21)19(4)8-10(3)16(22)23/h5-7,9-10H,8H2,1-4H3,(H,18,20)(H,22,23). The third-order valence-electron chi connectivity index (χ3n) is 3.30. The van der Waals surface area contributed by atoms with Crippen molar-refractivity contribution in [1.82, 2.24) is 4.90 Å². The summed E-state index contributed by atoms with van der Waals surface area (Å²) in [5.41, 5.74) is 0.685. The predicted octanol–water partition coefficient (Wildman–Crippen LogP) is 2.73. The highest BCUT2D eigenvalue weighted by Gasteiger charge is 2.21. The summed E-state index contributed by atoms with van der Waals surface area (Å²) in [6.45, 7) is 5.11. The van der Waals surface area contributed by atoms with Gasteiger partial charge in [-0.05, 0) is 18.2 Å². The van der Waals surface area contributed by atoms with E-state index in [0.29, 0.717) is 5.69 Å². The molecular weight excluding hydrogens is 320 g/mol. The van der Waals surface area contributed by atoms with Crippen LogP contribution in [-0.4, -0.2) is 41.4 Å². The molecule has 0 aromatic heterocycles. The highest BCUT2D eigenvalue weighted by Crippen LogP contribution is 2.22. The first kappa shape index (κ1) is 19.0. The van der Waals surface area contributed by atoms with E-state index in [1.54, 1.807) is 19.9 Å². The summed E-state index contributed by atoms with van der Waals surface area (Å²) in [6, 6.07) is 4.63. The number of hydrogen-bond donors (Lipinski definition) is 2. The fraction of sp³-hybridized carbons (Fsp3) is 0.438. The molecule has 0 aliphatic carbocycles. The fourth-order valence-electron chi connectivity index (χ4n) is 1.83. The van der Waals surface area contributed by atoms with E-state index >= 15 is 0 Å². The van der Waals surface area contributed by atoms with Gasteiger partial charge in [0, 0.05) is 25.2 Å². The van der Waals surface area contributed by atoms with Gasteiger partial charge in [0.25, 0.3) is 5.91 Å². The van der Waals surface area contributed by atoms with Crippen molar-refractivity contribution in [3.63, 3.8) is 0 Å². The molecule has 0 radical (unpaired) electrons. The zero-order valence-electron chi connectivity index (χ0n) is 13.6. The zero-order chi connectivity index (χ0) is 17.7. The summed E-state index contributed by atoms with van der Waals surface area (Å²) < 4.78 is 0. The van der Waals surface area contributed by atoms with Crippen molar-refractivity contribution in [1.29, 1.82) is 0 Å². The first-order chi connectivity index (χ1) is 10.6. The number of carbonyl (C=O) groups is 3. The van der Waals surface area contributed by atoms with Crippen molar-refractivity contribution in [2.75, 3.05) is 18.9 Å². The number of nitrogens with one attached hydrogen (secondary N) is 1. The quantitative estimate of drug-likeness (QED) is 0.833. The van der Waals surface area contributed by atoms with E-state index in [9.17, 15) is 14.4 Å². The Hall–Kier alpha value is -2.08. The molecule has 0 aliphatic rings. The summed E-state index contributed by atoms with van der Waals surface area (Å²) in [5.74, 6) is -2.42. The molecule has 0 fully saturated rings. The van der Waals surface area contributed by atoms with Gasteiger partial charge in [-0.2, -0.15) is 0 Å². The number of amides is 2. The maximum absolute atomic E-state index is 12.4. The van der Waals surface area contributed by atoms with Crippen LogP contribution in [0.2, 0.25) is 5.02 Å². The van der Waals surface area contributed by atoms with Crippen LogP contribution >= 0.6 is 11.6 Å². The van der Waals surface area contributed by atoms with Gasteiger partial charge in [0.05, 0.1) is 16.5 Å². The van der Waals surface area contributed by atoms with E-state index in [-0.39, 0.29) is 29.0 Å². The zero-order valence-corrected chi connectivity index (χ0v) is 14.3. The number of nitrogens with zero attached hydrogens (tertiary/aromatic N) is 1. The number of carboxylic acid groups (broad SMARTS) is 1. The SMILES string of the molecule is CC(C)C(=O)Nc1ccc(Cl)c(C(=O)N(C)CC(C)C(=O)O)c1. The Morgan fingerprint density at radius 1 is 1.26 bits per heavy atom. The monoisotopic (exact) mass is 340 g/mol.